The Morgan fingerprint density at radius 2 is 1.72 bits per heavy atom. The molecule has 0 atom stereocenters. The number of carbonyl (C=O) groups is 1. The molecule has 0 aliphatic rings. The molecular formula is C21H26F2O2. The van der Waals surface area contributed by atoms with Crippen molar-refractivity contribution < 1.29 is 18.3 Å². The van der Waals surface area contributed by atoms with Gasteiger partial charge in [0.1, 0.15) is 5.83 Å². The molecule has 1 aromatic rings. The van der Waals surface area contributed by atoms with Crippen molar-refractivity contribution in [2.75, 3.05) is 6.61 Å². The van der Waals surface area contributed by atoms with Crippen molar-refractivity contribution in [1.82, 2.24) is 0 Å². The van der Waals surface area contributed by atoms with Crippen molar-refractivity contribution >= 4 is 11.5 Å². The maximum Gasteiger partial charge on any atom is 0.306 e. The molecule has 0 N–H and O–H groups in total. The van der Waals surface area contributed by atoms with Gasteiger partial charge < -0.3 is 4.74 Å². The Kier molecular flexibility index (Phi) is 7.75. The van der Waals surface area contributed by atoms with Crippen molar-refractivity contribution in [3.05, 3.63) is 64.3 Å². The average molecular weight is 348 g/mol. The number of rotatable bonds is 7. The summed E-state index contributed by atoms with van der Waals surface area (Å²) >= 11 is 0. The lowest BCUT2D eigenvalue weighted by atomic mass is 9.91. The zero-order valence-corrected chi connectivity index (χ0v) is 15.6. The highest BCUT2D eigenvalue weighted by Crippen LogP contribution is 2.34. The van der Waals surface area contributed by atoms with E-state index in [1.165, 1.54) is 6.08 Å². The Morgan fingerprint density at radius 3 is 2.20 bits per heavy atom. The molecule has 0 fully saturated rings. The highest BCUT2D eigenvalue weighted by Gasteiger charge is 2.19. The number of benzene rings is 1. The number of esters is 1. The first-order chi connectivity index (χ1) is 11.7. The van der Waals surface area contributed by atoms with E-state index in [4.69, 9.17) is 4.74 Å². The van der Waals surface area contributed by atoms with Crippen LogP contribution in [-0.2, 0) is 9.53 Å². The molecule has 136 valence electrons. The van der Waals surface area contributed by atoms with Gasteiger partial charge in [-0.3, -0.25) is 4.79 Å². The predicted molar refractivity (Wildman–Crippen MR) is 98.6 cm³/mol. The van der Waals surface area contributed by atoms with E-state index in [1.807, 2.05) is 32.9 Å². The summed E-state index contributed by atoms with van der Waals surface area (Å²) in [5.74, 6) is -2.46. The summed E-state index contributed by atoms with van der Waals surface area (Å²) in [5, 5.41) is 0. The molecule has 0 bridgehead atoms. The molecule has 1 aromatic carbocycles. The third-order valence-electron chi connectivity index (χ3n) is 3.67. The van der Waals surface area contributed by atoms with Crippen molar-refractivity contribution in [3.63, 3.8) is 0 Å². The van der Waals surface area contributed by atoms with Crippen molar-refractivity contribution in [1.29, 1.82) is 0 Å². The van der Waals surface area contributed by atoms with Crippen molar-refractivity contribution in [2.24, 2.45) is 0 Å². The van der Waals surface area contributed by atoms with Gasteiger partial charge in [-0.15, -0.1) is 0 Å². The first kappa shape index (κ1) is 20.8. The first-order valence-electron chi connectivity index (χ1n) is 8.32. The monoisotopic (exact) mass is 348 g/mol. The van der Waals surface area contributed by atoms with E-state index in [1.54, 1.807) is 13.8 Å². The second-order valence-corrected chi connectivity index (χ2v) is 6.20. The van der Waals surface area contributed by atoms with Gasteiger partial charge in [-0.2, -0.15) is 0 Å². The number of halogens is 2. The number of hydrogen-bond acceptors (Lipinski definition) is 2. The lowest BCUT2D eigenvalue weighted by molar-refractivity contribution is -0.143. The standard InChI is InChI=1S/C21H26F2O2/c1-7-25-19(24)9-8-18(22)21(23)17(10-13(2)3)20-15(5)11-14(4)12-16(20)6/h10-12H,2,7-9H2,1,3-6H3/b17-10-,21-18+. The van der Waals surface area contributed by atoms with E-state index in [2.05, 4.69) is 6.58 Å². The molecule has 0 aromatic heterocycles. The van der Waals surface area contributed by atoms with Crippen LogP contribution >= 0.6 is 0 Å². The topological polar surface area (TPSA) is 26.3 Å². The van der Waals surface area contributed by atoms with Crippen LogP contribution in [0.1, 0.15) is 48.9 Å². The lowest BCUT2D eigenvalue weighted by Crippen LogP contribution is -2.04. The number of aryl methyl sites for hydroxylation is 3. The Balaban J connectivity index is 3.30. The molecule has 0 aliphatic carbocycles. The maximum absolute atomic E-state index is 14.8. The van der Waals surface area contributed by atoms with Crippen LogP contribution in [-0.4, -0.2) is 12.6 Å². The summed E-state index contributed by atoms with van der Waals surface area (Å²) in [4.78, 5) is 11.4. The Labute approximate surface area is 148 Å². The van der Waals surface area contributed by atoms with E-state index >= 15 is 0 Å². The summed E-state index contributed by atoms with van der Waals surface area (Å²) in [7, 11) is 0. The molecule has 0 radical (unpaired) electrons. The van der Waals surface area contributed by atoms with Gasteiger partial charge in [0.2, 0.25) is 0 Å². The number of carbonyl (C=O) groups excluding carboxylic acids is 1. The van der Waals surface area contributed by atoms with Gasteiger partial charge in [-0.05, 0) is 57.4 Å². The quantitative estimate of drug-likeness (QED) is 0.442. The summed E-state index contributed by atoms with van der Waals surface area (Å²) in [6.45, 7) is 13.1. The smallest absolute Gasteiger partial charge is 0.306 e. The van der Waals surface area contributed by atoms with Gasteiger partial charge in [0.05, 0.1) is 13.0 Å². The highest BCUT2D eigenvalue weighted by atomic mass is 19.2. The molecule has 0 saturated carbocycles. The fourth-order valence-electron chi connectivity index (χ4n) is 2.80. The van der Waals surface area contributed by atoms with Crippen LogP contribution in [0.25, 0.3) is 5.57 Å². The summed E-state index contributed by atoms with van der Waals surface area (Å²) in [6.07, 6.45) is 1.01. The Hall–Kier alpha value is -2.23. The van der Waals surface area contributed by atoms with E-state index in [0.717, 1.165) is 16.7 Å². The molecule has 25 heavy (non-hydrogen) atoms. The molecule has 2 nitrogen and oxygen atoms in total. The zero-order valence-electron chi connectivity index (χ0n) is 15.6. The molecule has 0 amide bonds. The van der Waals surface area contributed by atoms with Gasteiger partial charge in [0, 0.05) is 12.0 Å². The van der Waals surface area contributed by atoms with E-state index in [-0.39, 0.29) is 25.0 Å². The average Bonchev–Trinajstić information content (AvgIpc) is 2.49. The molecule has 1 rings (SSSR count). The Bertz CT molecular complexity index is 704. The highest BCUT2D eigenvalue weighted by molar-refractivity contribution is 5.82. The van der Waals surface area contributed by atoms with Crippen LogP contribution < -0.4 is 0 Å². The van der Waals surface area contributed by atoms with Crippen molar-refractivity contribution in [2.45, 2.75) is 47.5 Å². The van der Waals surface area contributed by atoms with Crippen LogP contribution in [0.5, 0.6) is 0 Å². The van der Waals surface area contributed by atoms with Gasteiger partial charge in [0.15, 0.2) is 5.83 Å². The minimum absolute atomic E-state index is 0.156. The minimum atomic E-state index is -0.958. The number of hydrogen-bond donors (Lipinski definition) is 0. The number of ether oxygens (including phenoxy) is 1. The minimum Gasteiger partial charge on any atom is -0.466 e. The fourth-order valence-corrected chi connectivity index (χ4v) is 2.80. The van der Waals surface area contributed by atoms with Gasteiger partial charge in [0.25, 0.3) is 0 Å². The van der Waals surface area contributed by atoms with Crippen LogP contribution in [0.15, 0.2) is 42.0 Å². The molecule has 0 heterocycles. The maximum atomic E-state index is 14.8. The first-order valence-corrected chi connectivity index (χ1v) is 8.32. The van der Waals surface area contributed by atoms with Gasteiger partial charge >= 0.3 is 5.97 Å². The second kappa shape index (κ2) is 9.30. The molecule has 0 unspecified atom stereocenters. The molecule has 0 aliphatic heterocycles. The normalized spacial score (nSPS) is 12.7. The van der Waals surface area contributed by atoms with Crippen LogP contribution in [0.4, 0.5) is 8.78 Å². The Morgan fingerprint density at radius 1 is 1.16 bits per heavy atom. The summed E-state index contributed by atoms with van der Waals surface area (Å²) < 4.78 is 34.0. The predicted octanol–water partition coefficient (Wildman–Crippen LogP) is 6.07. The molecule has 0 saturated heterocycles. The van der Waals surface area contributed by atoms with Crippen LogP contribution in [0.3, 0.4) is 0 Å². The number of allylic oxidation sites excluding steroid dienone is 5. The van der Waals surface area contributed by atoms with E-state index < -0.39 is 17.6 Å². The van der Waals surface area contributed by atoms with Gasteiger partial charge in [-0.1, -0.05) is 29.8 Å². The van der Waals surface area contributed by atoms with Gasteiger partial charge in [-0.25, -0.2) is 8.78 Å². The fraction of sp³-hybridized carbons (Fsp3) is 0.381. The largest absolute Gasteiger partial charge is 0.466 e. The molecule has 0 spiro atoms. The lowest BCUT2D eigenvalue weighted by Gasteiger charge is -2.15. The van der Waals surface area contributed by atoms with E-state index in [0.29, 0.717) is 11.1 Å². The summed E-state index contributed by atoms with van der Waals surface area (Å²) in [5.41, 5.74) is 4.20. The van der Waals surface area contributed by atoms with E-state index in [9.17, 15) is 13.6 Å². The van der Waals surface area contributed by atoms with Crippen LogP contribution in [0, 0.1) is 20.8 Å². The van der Waals surface area contributed by atoms with Crippen molar-refractivity contribution in [3.8, 4) is 0 Å². The van der Waals surface area contributed by atoms with Crippen LogP contribution in [0.2, 0.25) is 0 Å². The SMILES string of the molecule is C=C(C)/C=C(\C(F)=C(/F)CCC(=O)OCC)c1c(C)cc(C)cc1C. The molecule has 4 heteroatoms. The molecular weight excluding hydrogens is 322 g/mol. The summed E-state index contributed by atoms with van der Waals surface area (Å²) in [6, 6.07) is 3.86. The zero-order chi connectivity index (χ0) is 19.1. The third-order valence-corrected chi connectivity index (χ3v) is 3.67. The second-order valence-electron chi connectivity index (χ2n) is 6.20. The third kappa shape index (κ3) is 5.96.